The monoisotopic (exact) mass is 356 g/mol. The second-order valence-corrected chi connectivity index (χ2v) is 7.01. The first kappa shape index (κ1) is 18.2. The molecular formula is C20H24N2O4. The van der Waals surface area contributed by atoms with Crippen LogP contribution < -0.4 is 5.56 Å². The molecule has 0 bridgehead atoms. The van der Waals surface area contributed by atoms with Gasteiger partial charge >= 0.3 is 5.97 Å². The summed E-state index contributed by atoms with van der Waals surface area (Å²) in [5.41, 5.74) is -0.301. The predicted octanol–water partition coefficient (Wildman–Crippen LogP) is 2.72. The number of H-pyrrole nitrogens is 1. The van der Waals surface area contributed by atoms with Gasteiger partial charge in [0.1, 0.15) is 5.69 Å². The number of aromatic amines is 1. The molecule has 0 radical (unpaired) electrons. The maximum atomic E-state index is 12.4. The van der Waals surface area contributed by atoms with E-state index < -0.39 is 5.97 Å². The minimum Gasteiger partial charge on any atom is -0.451 e. The van der Waals surface area contributed by atoms with Crippen LogP contribution in [0.2, 0.25) is 0 Å². The zero-order chi connectivity index (χ0) is 18.7. The number of nitrogens with zero attached hydrogens (tertiary/aromatic N) is 1. The Bertz CT molecular complexity index is 873. The van der Waals surface area contributed by atoms with Crippen LogP contribution >= 0.6 is 0 Å². The van der Waals surface area contributed by atoms with Gasteiger partial charge in [0.15, 0.2) is 6.61 Å². The van der Waals surface area contributed by atoms with E-state index in [1.54, 1.807) is 42.3 Å². The molecule has 1 heterocycles. The van der Waals surface area contributed by atoms with Crippen LogP contribution in [0.25, 0.3) is 10.8 Å². The molecule has 3 rings (SSSR count). The molecule has 0 aliphatic heterocycles. The molecule has 1 amide bonds. The zero-order valence-corrected chi connectivity index (χ0v) is 15.2. The van der Waals surface area contributed by atoms with Crippen molar-refractivity contribution in [2.45, 2.75) is 38.6 Å². The molecule has 1 aromatic heterocycles. The number of pyridine rings is 1. The largest absolute Gasteiger partial charge is 0.451 e. The smallest absolute Gasteiger partial charge is 0.355 e. The van der Waals surface area contributed by atoms with E-state index in [-0.39, 0.29) is 29.8 Å². The van der Waals surface area contributed by atoms with Crippen LogP contribution in [0.3, 0.4) is 0 Å². The Morgan fingerprint density at radius 2 is 1.96 bits per heavy atom. The lowest BCUT2D eigenvalue weighted by Gasteiger charge is -2.36. The summed E-state index contributed by atoms with van der Waals surface area (Å²) in [7, 11) is 1.76. The highest BCUT2D eigenvalue weighted by molar-refractivity contribution is 5.94. The molecular weight excluding hydrogens is 332 g/mol. The number of carbonyl (C=O) groups excluding carboxylic acids is 2. The molecule has 1 aromatic carbocycles. The van der Waals surface area contributed by atoms with E-state index in [0.717, 1.165) is 19.3 Å². The number of rotatable bonds is 4. The van der Waals surface area contributed by atoms with E-state index in [2.05, 4.69) is 11.9 Å². The van der Waals surface area contributed by atoms with E-state index in [9.17, 15) is 14.4 Å². The second-order valence-electron chi connectivity index (χ2n) is 7.01. The van der Waals surface area contributed by atoms with Gasteiger partial charge in [-0.15, -0.1) is 0 Å². The van der Waals surface area contributed by atoms with Crippen molar-refractivity contribution in [1.82, 2.24) is 9.88 Å². The quantitative estimate of drug-likeness (QED) is 0.854. The van der Waals surface area contributed by atoms with Gasteiger partial charge in [-0.2, -0.15) is 0 Å². The van der Waals surface area contributed by atoms with Gasteiger partial charge in [0.25, 0.3) is 11.5 Å². The van der Waals surface area contributed by atoms with Crippen molar-refractivity contribution < 1.29 is 14.3 Å². The summed E-state index contributed by atoms with van der Waals surface area (Å²) in [6, 6.07) is 8.75. The Morgan fingerprint density at radius 1 is 1.23 bits per heavy atom. The van der Waals surface area contributed by atoms with E-state index in [1.165, 1.54) is 6.42 Å². The van der Waals surface area contributed by atoms with E-state index >= 15 is 0 Å². The summed E-state index contributed by atoms with van der Waals surface area (Å²) in [4.78, 5) is 40.9. The summed E-state index contributed by atoms with van der Waals surface area (Å²) in [5.74, 6) is -0.475. The predicted molar refractivity (Wildman–Crippen MR) is 99.0 cm³/mol. The summed E-state index contributed by atoms with van der Waals surface area (Å²) in [5, 5.41) is 1.16. The molecule has 0 unspecified atom stereocenters. The van der Waals surface area contributed by atoms with Crippen LogP contribution in [0.1, 0.15) is 43.1 Å². The van der Waals surface area contributed by atoms with Crippen molar-refractivity contribution in [2.75, 3.05) is 13.7 Å². The van der Waals surface area contributed by atoms with Gasteiger partial charge in [0, 0.05) is 18.5 Å². The zero-order valence-electron chi connectivity index (χ0n) is 15.2. The van der Waals surface area contributed by atoms with Crippen LogP contribution in [0.15, 0.2) is 35.1 Å². The Balaban J connectivity index is 1.65. The van der Waals surface area contributed by atoms with Gasteiger partial charge in [0.2, 0.25) is 0 Å². The van der Waals surface area contributed by atoms with Gasteiger partial charge in [-0.1, -0.05) is 38.0 Å². The van der Waals surface area contributed by atoms with Crippen LogP contribution in [-0.2, 0) is 9.53 Å². The topological polar surface area (TPSA) is 79.5 Å². The number of nitrogens with one attached hydrogen (secondary N) is 1. The van der Waals surface area contributed by atoms with Gasteiger partial charge in [-0.05, 0) is 36.3 Å². The lowest BCUT2D eigenvalue weighted by atomic mass is 9.85. The molecule has 26 heavy (non-hydrogen) atoms. The molecule has 1 aliphatic rings. The summed E-state index contributed by atoms with van der Waals surface area (Å²) in [6.07, 6.45) is 4.41. The third-order valence-corrected chi connectivity index (χ3v) is 5.26. The minimum atomic E-state index is -0.703. The number of esters is 1. The Labute approximate surface area is 152 Å². The highest BCUT2D eigenvalue weighted by Gasteiger charge is 2.28. The minimum absolute atomic E-state index is 0.0511. The van der Waals surface area contributed by atoms with Crippen LogP contribution in [0.4, 0.5) is 0 Å². The average Bonchev–Trinajstić information content (AvgIpc) is 2.65. The standard InChI is InChI=1S/C20H24N2O4/c1-13-7-3-6-10-17(13)22(2)18(23)12-26-20(25)16-11-14-8-4-5-9-15(14)19(24)21-16/h4-5,8-9,11,13,17H,3,6-7,10,12H2,1-2H3,(H,21,24)/t13-,17-/m0/s1. The molecule has 0 spiro atoms. The number of amides is 1. The van der Waals surface area contributed by atoms with Crippen molar-refractivity contribution >= 4 is 22.6 Å². The number of aromatic nitrogens is 1. The fourth-order valence-corrected chi connectivity index (χ4v) is 3.68. The van der Waals surface area contributed by atoms with Gasteiger partial charge in [-0.3, -0.25) is 9.59 Å². The highest BCUT2D eigenvalue weighted by Crippen LogP contribution is 2.27. The molecule has 138 valence electrons. The number of ether oxygens (including phenoxy) is 1. The summed E-state index contributed by atoms with van der Waals surface area (Å²) >= 11 is 0. The first-order valence-electron chi connectivity index (χ1n) is 9.02. The summed E-state index contributed by atoms with van der Waals surface area (Å²) < 4.78 is 5.14. The number of carbonyl (C=O) groups is 2. The third kappa shape index (κ3) is 3.79. The highest BCUT2D eigenvalue weighted by atomic mass is 16.5. The molecule has 1 fully saturated rings. The number of likely N-dealkylation sites (N-methyl/N-ethyl adjacent to an activating group) is 1. The molecule has 6 nitrogen and oxygen atoms in total. The first-order chi connectivity index (χ1) is 12.5. The number of fused-ring (bicyclic) bond motifs is 1. The van der Waals surface area contributed by atoms with Crippen LogP contribution in [0, 0.1) is 5.92 Å². The second kappa shape index (κ2) is 7.72. The first-order valence-corrected chi connectivity index (χ1v) is 9.02. The van der Waals surface area contributed by atoms with E-state index in [0.29, 0.717) is 16.7 Å². The van der Waals surface area contributed by atoms with Gasteiger partial charge in [-0.25, -0.2) is 4.79 Å². The molecule has 1 aliphatic carbocycles. The lowest BCUT2D eigenvalue weighted by Crippen LogP contribution is -2.44. The Hall–Kier alpha value is -2.63. The number of hydrogen-bond donors (Lipinski definition) is 1. The number of hydrogen-bond acceptors (Lipinski definition) is 4. The van der Waals surface area contributed by atoms with Crippen LogP contribution in [0.5, 0.6) is 0 Å². The maximum absolute atomic E-state index is 12.4. The lowest BCUT2D eigenvalue weighted by molar-refractivity contribution is -0.136. The van der Waals surface area contributed by atoms with Crippen molar-refractivity contribution in [3.8, 4) is 0 Å². The maximum Gasteiger partial charge on any atom is 0.355 e. The molecule has 2 atom stereocenters. The summed E-state index contributed by atoms with van der Waals surface area (Å²) in [6.45, 7) is 1.83. The average molecular weight is 356 g/mol. The molecule has 1 saturated carbocycles. The van der Waals surface area contributed by atoms with E-state index in [1.807, 2.05) is 0 Å². The van der Waals surface area contributed by atoms with Gasteiger partial charge < -0.3 is 14.6 Å². The van der Waals surface area contributed by atoms with Crippen molar-refractivity contribution in [3.05, 3.63) is 46.4 Å². The Kier molecular flexibility index (Phi) is 5.40. The molecule has 2 aromatic rings. The fourth-order valence-electron chi connectivity index (χ4n) is 3.68. The van der Waals surface area contributed by atoms with Crippen molar-refractivity contribution in [3.63, 3.8) is 0 Å². The molecule has 6 heteroatoms. The van der Waals surface area contributed by atoms with Gasteiger partial charge in [0.05, 0.1) is 0 Å². The Morgan fingerprint density at radius 3 is 2.73 bits per heavy atom. The third-order valence-electron chi connectivity index (χ3n) is 5.26. The van der Waals surface area contributed by atoms with Crippen molar-refractivity contribution in [2.24, 2.45) is 5.92 Å². The SMILES string of the molecule is C[C@H]1CCCC[C@@H]1N(C)C(=O)COC(=O)c1cc2ccccc2c(=O)[nH]1. The fraction of sp³-hybridized carbons (Fsp3) is 0.450. The van der Waals surface area contributed by atoms with E-state index in [4.69, 9.17) is 4.74 Å². The normalized spacial score (nSPS) is 19.9. The molecule has 0 saturated heterocycles. The molecule has 1 N–H and O–H groups in total. The number of benzene rings is 1. The van der Waals surface area contributed by atoms with Crippen molar-refractivity contribution in [1.29, 1.82) is 0 Å². The van der Waals surface area contributed by atoms with Crippen LogP contribution in [-0.4, -0.2) is 41.5 Å².